The smallest absolute Gasteiger partial charge is 0.270 e. The number of ether oxygens (including phenoxy) is 1. The minimum absolute atomic E-state index is 0.0882. The summed E-state index contributed by atoms with van der Waals surface area (Å²) >= 11 is 0. The van der Waals surface area contributed by atoms with Crippen molar-refractivity contribution in [2.75, 3.05) is 11.4 Å². The lowest BCUT2D eigenvalue weighted by Crippen LogP contribution is -2.59. The number of rotatable bonds is 14. The van der Waals surface area contributed by atoms with Gasteiger partial charge in [-0.25, -0.2) is 0 Å². The molecule has 0 fully saturated rings. The van der Waals surface area contributed by atoms with Crippen molar-refractivity contribution < 1.29 is 9.66 Å². The molecule has 200 valence electrons. The molecule has 2 aliphatic heterocycles. The van der Waals surface area contributed by atoms with E-state index < -0.39 is 5.72 Å². The molecule has 5 nitrogen and oxygen atoms in total. The van der Waals surface area contributed by atoms with Gasteiger partial charge in [-0.1, -0.05) is 95.8 Å². The Bertz CT molecular complexity index is 1090. The van der Waals surface area contributed by atoms with Gasteiger partial charge in [-0.2, -0.15) is 0 Å². The van der Waals surface area contributed by atoms with Gasteiger partial charge in [0.05, 0.1) is 10.3 Å². The fourth-order valence-corrected chi connectivity index (χ4v) is 6.10. The van der Waals surface area contributed by atoms with Crippen LogP contribution in [-0.2, 0) is 5.41 Å². The summed E-state index contributed by atoms with van der Waals surface area (Å²) in [4.78, 5) is 13.3. The van der Waals surface area contributed by atoms with E-state index in [2.05, 4.69) is 56.0 Å². The van der Waals surface area contributed by atoms with Crippen LogP contribution in [0.5, 0.6) is 5.75 Å². The number of nitro benzene ring substituents is 1. The summed E-state index contributed by atoms with van der Waals surface area (Å²) in [5, 5.41) is 11.3. The molecule has 0 saturated carbocycles. The second-order valence-electron chi connectivity index (χ2n) is 11.3. The van der Waals surface area contributed by atoms with E-state index in [1.807, 2.05) is 6.08 Å². The Morgan fingerprint density at radius 3 is 2.14 bits per heavy atom. The van der Waals surface area contributed by atoms with Crippen molar-refractivity contribution in [2.24, 2.45) is 0 Å². The van der Waals surface area contributed by atoms with E-state index in [0.29, 0.717) is 5.75 Å². The number of benzene rings is 2. The van der Waals surface area contributed by atoms with Crippen molar-refractivity contribution in [2.45, 2.75) is 109 Å². The third-order valence-corrected chi connectivity index (χ3v) is 8.36. The first kappa shape index (κ1) is 27.2. The Hall–Kier alpha value is -2.82. The highest BCUT2D eigenvalue weighted by Gasteiger charge is 2.58. The number of fused-ring (bicyclic) bond motifs is 2. The minimum atomic E-state index is -0.655. The fraction of sp³-hybridized carbons (Fsp3) is 0.562. The highest BCUT2D eigenvalue weighted by molar-refractivity contribution is 5.73. The number of nitrogens with zero attached hydrogens (tertiary/aromatic N) is 2. The second kappa shape index (κ2) is 12.1. The summed E-state index contributed by atoms with van der Waals surface area (Å²) in [6.07, 6.45) is 20.1. The molecule has 0 radical (unpaired) electrons. The zero-order valence-electron chi connectivity index (χ0n) is 23.0. The van der Waals surface area contributed by atoms with E-state index in [4.69, 9.17) is 4.74 Å². The van der Waals surface area contributed by atoms with Crippen LogP contribution in [0.3, 0.4) is 0 Å². The first-order valence-electron chi connectivity index (χ1n) is 14.4. The Labute approximate surface area is 223 Å². The molecule has 4 rings (SSSR count). The van der Waals surface area contributed by atoms with E-state index in [1.54, 1.807) is 12.1 Å². The third kappa shape index (κ3) is 5.71. The van der Waals surface area contributed by atoms with Crippen molar-refractivity contribution in [1.82, 2.24) is 0 Å². The molecule has 0 N–H and O–H groups in total. The van der Waals surface area contributed by atoms with Crippen molar-refractivity contribution in [1.29, 1.82) is 0 Å². The number of hydrogen-bond acceptors (Lipinski definition) is 4. The summed E-state index contributed by atoms with van der Waals surface area (Å²) in [6, 6.07) is 13.5. The molecule has 0 unspecified atom stereocenters. The molecule has 0 amide bonds. The Morgan fingerprint density at radius 2 is 1.49 bits per heavy atom. The van der Waals surface area contributed by atoms with Crippen molar-refractivity contribution >= 4 is 17.5 Å². The van der Waals surface area contributed by atoms with Crippen molar-refractivity contribution in [3.63, 3.8) is 0 Å². The molecule has 0 aromatic heterocycles. The zero-order valence-corrected chi connectivity index (χ0v) is 23.0. The number of unbranched alkanes of at least 4 members (excludes halogenated alkanes) is 11. The topological polar surface area (TPSA) is 55.6 Å². The van der Waals surface area contributed by atoms with E-state index in [9.17, 15) is 10.1 Å². The van der Waals surface area contributed by atoms with Crippen LogP contribution in [0.25, 0.3) is 6.08 Å². The van der Waals surface area contributed by atoms with Gasteiger partial charge >= 0.3 is 0 Å². The number of hydrogen-bond donors (Lipinski definition) is 0. The molecule has 2 aromatic carbocycles. The molecule has 5 heteroatoms. The van der Waals surface area contributed by atoms with Gasteiger partial charge in [0.2, 0.25) is 5.72 Å². The predicted octanol–water partition coefficient (Wildman–Crippen LogP) is 9.20. The van der Waals surface area contributed by atoms with Crippen LogP contribution < -0.4 is 9.64 Å². The van der Waals surface area contributed by atoms with E-state index >= 15 is 0 Å². The molecule has 0 aliphatic carbocycles. The monoisotopic (exact) mass is 504 g/mol. The molecule has 0 bridgehead atoms. The van der Waals surface area contributed by atoms with E-state index in [0.717, 1.165) is 18.5 Å². The Morgan fingerprint density at radius 1 is 0.865 bits per heavy atom. The Kier molecular flexibility index (Phi) is 8.94. The van der Waals surface area contributed by atoms with Crippen LogP contribution in [0.4, 0.5) is 11.4 Å². The maximum atomic E-state index is 11.3. The lowest BCUT2D eigenvalue weighted by molar-refractivity contribution is -0.384. The third-order valence-electron chi connectivity index (χ3n) is 8.36. The molecule has 2 aromatic rings. The van der Waals surface area contributed by atoms with Crippen LogP contribution in [0.15, 0.2) is 48.5 Å². The molecule has 2 heterocycles. The van der Waals surface area contributed by atoms with Gasteiger partial charge in [0.1, 0.15) is 5.75 Å². The van der Waals surface area contributed by atoms with Gasteiger partial charge in [0.15, 0.2) is 0 Å². The van der Waals surface area contributed by atoms with Crippen LogP contribution >= 0.6 is 0 Å². The van der Waals surface area contributed by atoms with Gasteiger partial charge in [-0.3, -0.25) is 10.1 Å². The van der Waals surface area contributed by atoms with Crippen molar-refractivity contribution in [3.8, 4) is 5.75 Å². The first-order chi connectivity index (χ1) is 17.9. The standard InChI is InChI=1S/C32H44N2O3/c1-4-5-6-7-8-9-10-11-12-13-14-17-24-33-29-19-16-15-18-28(29)31(2,3)32(33)23-22-26-25-27(34(35)36)20-21-30(26)37-32/h15-16,18-23,25H,4-14,17,24H2,1-3H3/t32-/m1/s1. The average Bonchev–Trinajstić information content (AvgIpc) is 3.07. The van der Waals surface area contributed by atoms with Crippen LogP contribution in [0.1, 0.15) is 109 Å². The SMILES string of the molecule is CCCCCCCCCCCCCCN1c2ccccc2C(C)(C)[C@]12C=Cc1cc([N+](=O)[O-])ccc1O2. The lowest BCUT2D eigenvalue weighted by atomic mass is 9.76. The van der Waals surface area contributed by atoms with Gasteiger partial charge < -0.3 is 9.64 Å². The Balaban J connectivity index is 1.37. The minimum Gasteiger partial charge on any atom is -0.463 e. The molecule has 1 atom stereocenters. The first-order valence-corrected chi connectivity index (χ1v) is 14.4. The molecule has 0 saturated heterocycles. The normalized spacial score (nSPS) is 19.1. The summed E-state index contributed by atoms with van der Waals surface area (Å²) in [5.41, 5.74) is 2.42. The maximum absolute atomic E-state index is 11.3. The molecule has 1 spiro atoms. The summed E-state index contributed by atoms with van der Waals surface area (Å²) in [6.45, 7) is 7.69. The van der Waals surface area contributed by atoms with Gasteiger partial charge in [0.25, 0.3) is 5.69 Å². The van der Waals surface area contributed by atoms with E-state index in [-0.39, 0.29) is 16.0 Å². The molecule has 37 heavy (non-hydrogen) atoms. The summed E-state index contributed by atoms with van der Waals surface area (Å²) in [7, 11) is 0. The number of nitro groups is 1. The van der Waals surface area contributed by atoms with E-state index in [1.165, 1.54) is 87.9 Å². The van der Waals surface area contributed by atoms with Gasteiger partial charge in [0, 0.05) is 29.9 Å². The number of anilines is 1. The van der Waals surface area contributed by atoms with Gasteiger partial charge in [-0.05, 0) is 50.1 Å². The van der Waals surface area contributed by atoms with Crippen LogP contribution in [-0.4, -0.2) is 17.2 Å². The second-order valence-corrected chi connectivity index (χ2v) is 11.3. The average molecular weight is 505 g/mol. The van der Waals surface area contributed by atoms with Crippen LogP contribution in [0, 0.1) is 10.1 Å². The summed E-state index contributed by atoms with van der Waals surface area (Å²) in [5.74, 6) is 0.702. The summed E-state index contributed by atoms with van der Waals surface area (Å²) < 4.78 is 6.80. The maximum Gasteiger partial charge on any atom is 0.270 e. The largest absolute Gasteiger partial charge is 0.463 e. The molecular weight excluding hydrogens is 460 g/mol. The fourth-order valence-electron chi connectivity index (χ4n) is 6.10. The van der Waals surface area contributed by atoms with Gasteiger partial charge in [-0.15, -0.1) is 0 Å². The quantitative estimate of drug-likeness (QED) is 0.146. The molecular formula is C32H44N2O3. The number of non-ortho nitro benzene ring substituents is 1. The lowest BCUT2D eigenvalue weighted by Gasteiger charge is -2.47. The van der Waals surface area contributed by atoms with Crippen LogP contribution in [0.2, 0.25) is 0 Å². The van der Waals surface area contributed by atoms with Crippen molar-refractivity contribution in [3.05, 3.63) is 69.8 Å². The number of para-hydroxylation sites is 1. The molecule has 2 aliphatic rings. The highest BCUT2D eigenvalue weighted by Crippen LogP contribution is 2.55. The predicted molar refractivity (Wildman–Crippen MR) is 153 cm³/mol. The highest BCUT2D eigenvalue weighted by atomic mass is 16.6. The zero-order chi connectivity index (χ0) is 26.3.